The molecule has 0 aliphatic rings. The van der Waals surface area contributed by atoms with Crippen LogP contribution in [0.25, 0.3) is 0 Å². The van der Waals surface area contributed by atoms with Gasteiger partial charge in [-0.15, -0.1) is 0 Å². The number of rotatable bonds is 4. The highest BCUT2D eigenvalue weighted by molar-refractivity contribution is 6.32. The van der Waals surface area contributed by atoms with Crippen molar-refractivity contribution in [1.29, 1.82) is 0 Å². The van der Waals surface area contributed by atoms with E-state index in [2.05, 4.69) is 0 Å². The molecule has 0 aliphatic heterocycles. The van der Waals surface area contributed by atoms with Crippen molar-refractivity contribution in [2.45, 2.75) is 6.61 Å². The van der Waals surface area contributed by atoms with Gasteiger partial charge in [-0.1, -0.05) is 23.2 Å². The van der Waals surface area contributed by atoms with Gasteiger partial charge >= 0.3 is 0 Å². The first-order chi connectivity index (χ1) is 9.51. The van der Waals surface area contributed by atoms with E-state index in [1.807, 2.05) is 0 Å². The predicted octanol–water partition coefficient (Wildman–Crippen LogP) is 4.19. The van der Waals surface area contributed by atoms with Gasteiger partial charge in [0.15, 0.2) is 0 Å². The number of benzene rings is 2. The highest BCUT2D eigenvalue weighted by Gasteiger charge is 2.12. The second-order valence-corrected chi connectivity index (χ2v) is 4.73. The highest BCUT2D eigenvalue weighted by Crippen LogP contribution is 2.34. The molecule has 0 unspecified atom stereocenters. The van der Waals surface area contributed by atoms with Crippen LogP contribution in [0.1, 0.15) is 5.56 Å². The van der Waals surface area contributed by atoms with Gasteiger partial charge in [0.05, 0.1) is 16.6 Å². The fraction of sp³-hybridized carbons (Fsp3) is 0.0769. The summed E-state index contributed by atoms with van der Waals surface area (Å²) in [6.45, 7) is -0.250. The van der Waals surface area contributed by atoms with Crippen LogP contribution in [-0.2, 0) is 6.61 Å². The van der Waals surface area contributed by atoms with Crippen molar-refractivity contribution in [3.8, 4) is 11.5 Å². The molecule has 0 spiro atoms. The Hall–Kier alpha value is -1.82. The summed E-state index contributed by atoms with van der Waals surface area (Å²) >= 11 is 11.7. The number of non-ortho nitro benzene ring substituents is 1. The zero-order valence-corrected chi connectivity index (χ0v) is 11.6. The number of aliphatic hydroxyl groups excluding tert-OH is 1. The topological polar surface area (TPSA) is 72.6 Å². The normalized spacial score (nSPS) is 10.3. The lowest BCUT2D eigenvalue weighted by molar-refractivity contribution is -0.384. The molecule has 0 aliphatic carbocycles. The minimum Gasteiger partial charge on any atom is -0.455 e. The zero-order chi connectivity index (χ0) is 14.7. The van der Waals surface area contributed by atoms with E-state index in [9.17, 15) is 15.2 Å². The monoisotopic (exact) mass is 313 g/mol. The number of hydrogen-bond acceptors (Lipinski definition) is 4. The fourth-order valence-corrected chi connectivity index (χ4v) is 1.98. The molecule has 20 heavy (non-hydrogen) atoms. The molecule has 0 aromatic heterocycles. The largest absolute Gasteiger partial charge is 0.455 e. The van der Waals surface area contributed by atoms with Gasteiger partial charge < -0.3 is 9.84 Å². The number of ether oxygens (including phenoxy) is 1. The van der Waals surface area contributed by atoms with Crippen molar-refractivity contribution in [3.63, 3.8) is 0 Å². The first-order valence-electron chi connectivity index (χ1n) is 5.52. The van der Waals surface area contributed by atoms with Crippen LogP contribution >= 0.6 is 23.2 Å². The Kier molecular flexibility index (Phi) is 4.44. The molecule has 104 valence electrons. The number of aliphatic hydroxyl groups is 1. The first-order valence-corrected chi connectivity index (χ1v) is 6.28. The third-order valence-electron chi connectivity index (χ3n) is 2.54. The second kappa shape index (κ2) is 6.09. The van der Waals surface area contributed by atoms with E-state index in [-0.39, 0.29) is 23.1 Å². The van der Waals surface area contributed by atoms with Gasteiger partial charge in [0, 0.05) is 22.7 Å². The van der Waals surface area contributed by atoms with Gasteiger partial charge in [-0.3, -0.25) is 10.1 Å². The third kappa shape index (κ3) is 3.19. The number of hydrogen-bond donors (Lipinski definition) is 1. The number of nitro groups is 1. The van der Waals surface area contributed by atoms with Crippen LogP contribution in [0.4, 0.5) is 5.69 Å². The molecule has 0 fully saturated rings. The SMILES string of the molecule is O=[N+]([O-])c1ccc(Oc2ccc(Cl)cc2CO)c(Cl)c1. The molecule has 5 nitrogen and oxygen atoms in total. The first kappa shape index (κ1) is 14.6. The Bertz CT molecular complexity index is 661. The van der Waals surface area contributed by atoms with E-state index in [0.29, 0.717) is 16.3 Å². The molecule has 2 aromatic carbocycles. The quantitative estimate of drug-likeness (QED) is 0.678. The van der Waals surface area contributed by atoms with Crippen LogP contribution in [-0.4, -0.2) is 10.0 Å². The fourth-order valence-electron chi connectivity index (χ4n) is 1.58. The smallest absolute Gasteiger partial charge is 0.271 e. The lowest BCUT2D eigenvalue weighted by Crippen LogP contribution is -1.93. The predicted molar refractivity (Wildman–Crippen MR) is 75.6 cm³/mol. The average Bonchev–Trinajstić information content (AvgIpc) is 2.42. The maximum Gasteiger partial charge on any atom is 0.271 e. The summed E-state index contributed by atoms with van der Waals surface area (Å²) in [5.41, 5.74) is 0.368. The van der Waals surface area contributed by atoms with E-state index in [1.165, 1.54) is 18.2 Å². The standard InChI is InChI=1S/C13H9Cl2NO4/c14-9-1-3-12(8(5-9)7-17)20-13-4-2-10(16(18)19)6-11(13)15/h1-6,17H,7H2. The maximum absolute atomic E-state index is 10.6. The summed E-state index contributed by atoms with van der Waals surface area (Å²) in [7, 11) is 0. The summed E-state index contributed by atoms with van der Waals surface area (Å²) in [6.07, 6.45) is 0. The van der Waals surface area contributed by atoms with Crippen molar-refractivity contribution < 1.29 is 14.8 Å². The van der Waals surface area contributed by atoms with Crippen LogP contribution in [0, 0.1) is 10.1 Å². The zero-order valence-electron chi connectivity index (χ0n) is 10.0. The molecule has 0 heterocycles. The molecule has 7 heteroatoms. The minimum absolute atomic E-state index is 0.109. The molecule has 0 radical (unpaired) electrons. The van der Waals surface area contributed by atoms with Crippen LogP contribution in [0.3, 0.4) is 0 Å². The van der Waals surface area contributed by atoms with Gasteiger partial charge in [-0.25, -0.2) is 0 Å². The molecule has 2 rings (SSSR count). The van der Waals surface area contributed by atoms with Gasteiger partial charge in [0.25, 0.3) is 5.69 Å². The van der Waals surface area contributed by atoms with E-state index in [4.69, 9.17) is 27.9 Å². The lowest BCUT2D eigenvalue weighted by Gasteiger charge is -2.11. The van der Waals surface area contributed by atoms with Crippen LogP contribution in [0.5, 0.6) is 11.5 Å². The summed E-state index contributed by atoms with van der Waals surface area (Å²) < 4.78 is 5.55. The van der Waals surface area contributed by atoms with Crippen LogP contribution in [0.15, 0.2) is 36.4 Å². The number of nitro benzene ring substituents is 1. The van der Waals surface area contributed by atoms with E-state index < -0.39 is 4.92 Å². The van der Waals surface area contributed by atoms with Gasteiger partial charge in [0.1, 0.15) is 11.5 Å². The number of halogens is 2. The van der Waals surface area contributed by atoms with E-state index in [1.54, 1.807) is 18.2 Å². The maximum atomic E-state index is 10.6. The van der Waals surface area contributed by atoms with E-state index in [0.717, 1.165) is 0 Å². The Morgan fingerprint density at radius 3 is 2.45 bits per heavy atom. The molecule has 2 aromatic rings. The third-order valence-corrected chi connectivity index (χ3v) is 3.07. The lowest BCUT2D eigenvalue weighted by atomic mass is 10.2. The molecular formula is C13H9Cl2NO4. The van der Waals surface area contributed by atoms with Gasteiger partial charge in [0.2, 0.25) is 0 Å². The highest BCUT2D eigenvalue weighted by atomic mass is 35.5. The van der Waals surface area contributed by atoms with Crippen LogP contribution < -0.4 is 4.74 Å². The molecule has 0 saturated heterocycles. The Morgan fingerprint density at radius 1 is 1.15 bits per heavy atom. The van der Waals surface area contributed by atoms with E-state index >= 15 is 0 Å². The summed E-state index contributed by atoms with van der Waals surface area (Å²) in [6, 6.07) is 8.65. The summed E-state index contributed by atoms with van der Waals surface area (Å²) in [5.74, 6) is 0.641. The van der Waals surface area contributed by atoms with Crippen LogP contribution in [0.2, 0.25) is 10.0 Å². The van der Waals surface area contributed by atoms with Crippen molar-refractivity contribution in [3.05, 3.63) is 62.1 Å². The molecule has 1 N–H and O–H groups in total. The molecule has 0 atom stereocenters. The van der Waals surface area contributed by atoms with Gasteiger partial charge in [-0.05, 0) is 24.3 Å². The Labute approximate surface area is 124 Å². The average molecular weight is 314 g/mol. The molecule has 0 bridgehead atoms. The van der Waals surface area contributed by atoms with Gasteiger partial charge in [-0.2, -0.15) is 0 Å². The Balaban J connectivity index is 2.33. The minimum atomic E-state index is -0.545. The van der Waals surface area contributed by atoms with Crippen molar-refractivity contribution in [2.75, 3.05) is 0 Å². The number of nitrogens with zero attached hydrogens (tertiary/aromatic N) is 1. The molecular weight excluding hydrogens is 305 g/mol. The summed E-state index contributed by atoms with van der Waals surface area (Å²) in [4.78, 5) is 10.1. The second-order valence-electron chi connectivity index (χ2n) is 3.88. The molecule has 0 amide bonds. The molecule has 0 saturated carbocycles. The Morgan fingerprint density at radius 2 is 1.85 bits per heavy atom. The van der Waals surface area contributed by atoms with Crippen molar-refractivity contribution in [2.24, 2.45) is 0 Å². The van der Waals surface area contributed by atoms with Crippen molar-refractivity contribution >= 4 is 28.9 Å². The summed E-state index contributed by atoms with van der Waals surface area (Å²) in [5, 5.41) is 20.4. The van der Waals surface area contributed by atoms with Crippen molar-refractivity contribution in [1.82, 2.24) is 0 Å².